The van der Waals surface area contributed by atoms with Gasteiger partial charge < -0.3 is 172 Å². The van der Waals surface area contributed by atoms with E-state index in [2.05, 4.69) is 27.1 Å². The van der Waals surface area contributed by atoms with Gasteiger partial charge in [0.1, 0.15) is 66.5 Å². The van der Waals surface area contributed by atoms with E-state index in [0.717, 1.165) is 59.4 Å². The molecule has 0 saturated carbocycles. The van der Waals surface area contributed by atoms with Crippen LogP contribution in [0, 0.1) is 23.2 Å². The number of amides is 1. The summed E-state index contributed by atoms with van der Waals surface area (Å²) in [7, 11) is 0. The molecule has 1 aromatic carbocycles. The number of nitrogens with one attached hydrogen (secondary N) is 4. The fourth-order valence-electron chi connectivity index (χ4n) is 6.15. The number of hydrogen-bond acceptors (Lipinski definition) is 33. The van der Waals surface area contributed by atoms with Crippen LogP contribution in [-0.4, -0.2) is 313 Å². The van der Waals surface area contributed by atoms with E-state index in [0.29, 0.717) is 51.6 Å². The van der Waals surface area contributed by atoms with Crippen molar-refractivity contribution in [1.82, 2.24) is 15.6 Å². The monoisotopic (exact) mass is 1780 g/mol. The van der Waals surface area contributed by atoms with Gasteiger partial charge in [-0.1, -0.05) is 85.9 Å². The third kappa shape index (κ3) is 96.1. The molecule has 47 nitrogen and oxygen atoms in total. The number of carbonyl (C=O) groups excluding carboxylic acids is 1. The highest BCUT2D eigenvalue weighted by molar-refractivity contribution is 7.99. The molecule has 119 heavy (non-hydrogen) atoms. The lowest BCUT2D eigenvalue weighted by Gasteiger charge is -2.11. The second kappa shape index (κ2) is 88.3. The Labute approximate surface area is 705 Å². The Hall–Kier alpha value is -8.94. The smallest absolute Gasteiger partial charge is 0.322 e. The number of primary amides is 1. The molecule has 2 rings (SSSR count). The lowest BCUT2D eigenvalue weighted by molar-refractivity contribution is -0.140. The van der Waals surface area contributed by atoms with Gasteiger partial charge in [0, 0.05) is 43.1 Å². The van der Waals surface area contributed by atoms with Crippen molar-refractivity contribution in [2.45, 2.75) is 198 Å². The highest BCUT2D eigenvalue weighted by Crippen LogP contribution is 2.19. The van der Waals surface area contributed by atoms with E-state index in [-0.39, 0.29) is 62.7 Å². The Morgan fingerprint density at radius 2 is 0.748 bits per heavy atom. The number of rotatable bonds is 43. The molecule has 14 atom stereocenters. The molecular formula is C69H140N18O29S3. The standard InChI is InChI=1S/C11H12N2O2.C7H15NO3.C6H14N4O2.3C6H13NO2.C5H10N2O3.3C5H11NO2S.C3H7NO3.2C2H5NO2/c12-9(11(14)15)5-7-6-13-10-4-2-1-3-8(7)10;1-2-4-8-6(3-5-9)7(10)11;7-4(5(11)12)2-1-3-10-6(8)9;3*1-3-4(2)5(7)6(8)9;6-3(5(9)10)1-2-4(7)8;3*1-9-3-2-4(6)5(7)8;4-2(1-5)3(6)7;2*3-1-2(4)5/h1-4,6,9,13H,5,12H2,(H,14,15);6,8-9H,2-5H2,1H3,(H,10,11);4H,1-3,7H2,(H,11,12)(H4,8,9,10);3*4-5H,3,7H2,1-2H3,(H,8,9);3H,1-2,6H2,(H2,7,8)(H,9,10);3*4H,2-3,6H2,1H3,(H,7,8);2,5H,1,4H2,(H,6,7);2*1,3H2,(H,4,5)/t9-;6-;4-;3*4-,5-;3-;3*4-;2-;;/m00000000000../s1. The van der Waals surface area contributed by atoms with Gasteiger partial charge in [0.05, 0.1) is 19.7 Å². The molecule has 0 aliphatic heterocycles. The minimum atomic E-state index is -1.18. The number of thioether (sulfide) groups is 3. The molecule has 0 bridgehead atoms. The van der Waals surface area contributed by atoms with Gasteiger partial charge in [-0.2, -0.15) is 35.3 Å². The number of aromatic amines is 1. The van der Waals surface area contributed by atoms with E-state index >= 15 is 0 Å². The van der Waals surface area contributed by atoms with Gasteiger partial charge in [-0.05, 0) is 123 Å². The molecule has 0 spiro atoms. The van der Waals surface area contributed by atoms with Crippen molar-refractivity contribution in [3.05, 3.63) is 36.0 Å². The zero-order chi connectivity index (χ0) is 95.8. The molecule has 0 fully saturated rings. The Morgan fingerprint density at radius 3 is 0.975 bits per heavy atom. The summed E-state index contributed by atoms with van der Waals surface area (Å²) in [5.74, 6) is -10.6. The average molecular weight is 1780 g/mol. The van der Waals surface area contributed by atoms with E-state index in [1.807, 2.05) is 97.7 Å². The predicted octanol–water partition coefficient (Wildman–Crippen LogP) is -3.49. The van der Waals surface area contributed by atoms with Crippen LogP contribution >= 0.6 is 35.3 Å². The number of H-pyrrole nitrogens is 1. The number of guanidine groups is 1. The largest absolute Gasteiger partial charge is 0.480 e. The molecule has 47 N–H and O–H groups in total. The summed E-state index contributed by atoms with van der Waals surface area (Å²) in [5.41, 5.74) is 72.8. The summed E-state index contributed by atoms with van der Waals surface area (Å²) in [5, 5.41) is 137. The first-order chi connectivity index (χ1) is 55.0. The summed E-state index contributed by atoms with van der Waals surface area (Å²) in [6.07, 6.45) is 14.3. The first kappa shape index (κ1) is 133. The Kier molecular flexibility index (Phi) is 99.0. The van der Waals surface area contributed by atoms with Crippen molar-refractivity contribution < 1.29 is 144 Å². The van der Waals surface area contributed by atoms with Gasteiger partial charge >= 0.3 is 77.6 Å². The van der Waals surface area contributed by atoms with Crippen LogP contribution in [0.3, 0.4) is 0 Å². The fourth-order valence-corrected chi connectivity index (χ4v) is 7.62. The topological polar surface area (TPSA) is 970 Å². The predicted molar refractivity (Wildman–Crippen MR) is 455 cm³/mol. The Bertz CT molecular complexity index is 2920. The van der Waals surface area contributed by atoms with Crippen molar-refractivity contribution in [3.63, 3.8) is 0 Å². The van der Waals surface area contributed by atoms with E-state index in [1.165, 1.54) is 0 Å². The third-order valence-corrected chi connectivity index (χ3v) is 16.4. The maximum Gasteiger partial charge on any atom is 0.322 e. The molecule has 0 aliphatic carbocycles. The Balaban J connectivity index is -0.000000119. The van der Waals surface area contributed by atoms with Crippen LogP contribution < -0.4 is 90.9 Å². The number of para-hydroxylation sites is 1. The van der Waals surface area contributed by atoms with Gasteiger partial charge in [-0.15, -0.1) is 0 Å². The molecule has 2 aromatic rings. The van der Waals surface area contributed by atoms with Crippen molar-refractivity contribution in [2.24, 2.45) is 98.0 Å². The van der Waals surface area contributed by atoms with Gasteiger partial charge in [0.15, 0.2) is 5.96 Å². The zero-order valence-electron chi connectivity index (χ0n) is 69.3. The third-order valence-electron chi connectivity index (χ3n) is 14.5. The fraction of sp³-hybridized carbons (Fsp3) is 0.667. The zero-order valence-corrected chi connectivity index (χ0v) is 71.7. The minimum absolute atomic E-state index is 0.0213. The van der Waals surface area contributed by atoms with E-state index in [4.69, 9.17) is 151 Å². The molecular weight excluding hydrogens is 1640 g/mol. The number of fused-ring (bicyclic) bond motifs is 1. The summed E-state index contributed by atoms with van der Waals surface area (Å²) >= 11 is 4.81. The SMILES string of the molecule is CCCN[C@@H](CCO)C(=O)O.CC[C@H](C)[C@H](N)C(=O)O.CC[C@H](C)[C@H](N)C(=O)O.CC[C@H](C)[C@H](N)C(=O)O.CSCC[C@H](N)C(=O)O.CSCC[C@H](N)C(=O)O.CSCC[C@H](N)C(=O)O.N=C(N)NCCC[C@H](N)C(=O)O.NC(=O)CC[C@H](N)C(=O)O.NCC(=O)O.NCC(=O)O.N[C@@H](CO)C(=O)O.N[C@@H](Cc1c[nH]c2ccccc12)C(=O)O. The van der Waals surface area contributed by atoms with E-state index < -0.39 is 157 Å². The number of hydrogen-bond donors (Lipinski definition) is 33. The lowest BCUT2D eigenvalue weighted by atomic mass is 10.0. The Morgan fingerprint density at radius 1 is 0.437 bits per heavy atom. The summed E-state index contributed by atoms with van der Waals surface area (Å²) in [6.45, 7) is 13.2. The first-order valence-electron chi connectivity index (χ1n) is 36.3. The van der Waals surface area contributed by atoms with Gasteiger partial charge in [-0.25, -0.2) is 0 Å². The lowest BCUT2D eigenvalue weighted by Crippen LogP contribution is -2.37. The highest BCUT2D eigenvalue weighted by Gasteiger charge is 2.21. The molecule has 0 saturated heterocycles. The van der Waals surface area contributed by atoms with Crippen LogP contribution in [0.4, 0.5) is 0 Å². The molecule has 1 aromatic heterocycles. The second-order valence-electron chi connectivity index (χ2n) is 24.5. The van der Waals surface area contributed by atoms with Crippen molar-refractivity contribution >= 4 is 136 Å². The number of carboxylic acids is 13. The number of nitrogens with two attached hydrogens (primary N) is 14. The number of aliphatic carboxylic acids is 13. The molecule has 1 heterocycles. The molecule has 698 valence electrons. The molecule has 0 radical (unpaired) electrons. The van der Waals surface area contributed by atoms with Gasteiger partial charge in [-0.3, -0.25) is 72.5 Å². The number of aliphatic hydroxyl groups excluding tert-OH is 2. The van der Waals surface area contributed by atoms with E-state index in [9.17, 15) is 67.1 Å². The molecule has 0 aliphatic rings. The maximum atomic E-state index is 10.6. The van der Waals surface area contributed by atoms with Crippen LogP contribution in [-0.2, 0) is 73.5 Å². The second-order valence-corrected chi connectivity index (χ2v) is 27.4. The van der Waals surface area contributed by atoms with Crippen LogP contribution in [0.25, 0.3) is 10.9 Å². The molecule has 50 heteroatoms. The van der Waals surface area contributed by atoms with Crippen LogP contribution in [0.15, 0.2) is 30.5 Å². The first-order valence-corrected chi connectivity index (χ1v) is 40.4. The number of aromatic nitrogens is 1. The minimum Gasteiger partial charge on any atom is -0.480 e. The van der Waals surface area contributed by atoms with Crippen LogP contribution in [0.5, 0.6) is 0 Å². The van der Waals surface area contributed by atoms with Crippen molar-refractivity contribution in [2.75, 3.05) is 75.4 Å². The molecule has 0 unspecified atom stereocenters. The normalized spacial score (nSPS) is 13.3. The molecule has 1 amide bonds. The van der Waals surface area contributed by atoms with E-state index in [1.54, 1.807) is 35.3 Å². The maximum absolute atomic E-state index is 10.6. The van der Waals surface area contributed by atoms with Gasteiger partial charge in [0.2, 0.25) is 5.91 Å². The quantitative estimate of drug-likeness (QED) is 0.0174. The van der Waals surface area contributed by atoms with Crippen LogP contribution in [0.1, 0.15) is 131 Å². The van der Waals surface area contributed by atoms with Crippen molar-refractivity contribution in [1.29, 1.82) is 5.41 Å². The number of aliphatic hydroxyl groups is 2. The summed E-state index contributed by atoms with van der Waals surface area (Å²) in [6, 6.07) is -0.755. The van der Waals surface area contributed by atoms with Crippen LogP contribution in [0.2, 0.25) is 0 Å². The van der Waals surface area contributed by atoms with Crippen molar-refractivity contribution in [3.8, 4) is 0 Å². The number of carbonyl (C=O) groups is 14. The average Bonchev–Trinajstić information content (AvgIpc) is 1.69. The highest BCUT2D eigenvalue weighted by atomic mass is 32.2. The number of benzene rings is 1. The summed E-state index contributed by atoms with van der Waals surface area (Å²) in [4.78, 5) is 143. The number of carboxylic acid groups (broad SMARTS) is 13. The summed E-state index contributed by atoms with van der Waals surface area (Å²) < 4.78 is 0. The van der Waals surface area contributed by atoms with Gasteiger partial charge in [0.25, 0.3) is 0 Å².